The number of hydrogen-bond donors (Lipinski definition) is 0. The zero-order chi connectivity index (χ0) is 15.8. The monoisotopic (exact) mass is 335 g/mol. The number of nitrogens with zero attached hydrogens (tertiary/aromatic N) is 1. The third kappa shape index (κ3) is 3.41. The van der Waals surface area contributed by atoms with Gasteiger partial charge in [-0.1, -0.05) is 11.6 Å². The molecule has 8 heteroatoms. The zero-order valence-electron chi connectivity index (χ0n) is 11.1. The van der Waals surface area contributed by atoms with Crippen molar-refractivity contribution >= 4 is 25.6 Å². The van der Waals surface area contributed by atoms with Gasteiger partial charge in [0.25, 0.3) is 15.0 Å². The maximum atomic E-state index is 13.3. The lowest BCUT2D eigenvalue weighted by molar-refractivity contribution is 0.0764. The minimum absolute atomic E-state index is 0.283. The van der Waals surface area contributed by atoms with Crippen LogP contribution in [0.25, 0.3) is 0 Å². The second-order valence-corrected chi connectivity index (χ2v) is 7.29. The fourth-order valence-electron chi connectivity index (χ4n) is 2.02. The minimum atomic E-state index is -4.36. The van der Waals surface area contributed by atoms with Crippen LogP contribution in [0, 0.1) is 11.6 Å². The molecule has 0 fully saturated rings. The highest BCUT2D eigenvalue weighted by molar-refractivity contribution is 8.13. The third-order valence-corrected chi connectivity index (χ3v) is 4.60. The van der Waals surface area contributed by atoms with Gasteiger partial charge in [-0.2, -0.15) is 0 Å². The van der Waals surface area contributed by atoms with Crippen LogP contribution >= 0.6 is 10.7 Å². The Labute approximate surface area is 125 Å². The lowest BCUT2D eigenvalue weighted by Gasteiger charge is -2.26. The van der Waals surface area contributed by atoms with Gasteiger partial charge in [0.15, 0.2) is 11.6 Å². The Morgan fingerprint density at radius 3 is 2.43 bits per heavy atom. The predicted octanol–water partition coefficient (Wildman–Crippen LogP) is 2.68. The number of halogens is 3. The summed E-state index contributed by atoms with van der Waals surface area (Å²) in [4.78, 5) is 13.0. The Hall–Kier alpha value is -1.47. The molecular weight excluding hydrogens is 324 g/mol. The molecule has 0 aromatic heterocycles. The Morgan fingerprint density at radius 1 is 1.29 bits per heavy atom. The van der Waals surface area contributed by atoms with Crippen LogP contribution in [0.15, 0.2) is 28.7 Å². The molecule has 1 heterocycles. The van der Waals surface area contributed by atoms with Gasteiger partial charge in [0.2, 0.25) is 0 Å². The average Bonchev–Trinajstić information content (AvgIpc) is 2.40. The van der Waals surface area contributed by atoms with Gasteiger partial charge in [-0.05, 0) is 25.5 Å². The third-order valence-electron chi connectivity index (χ3n) is 3.24. The minimum Gasteiger partial charge on any atom is -0.335 e. The number of amides is 1. The highest BCUT2D eigenvalue weighted by Crippen LogP contribution is 2.25. The van der Waals surface area contributed by atoms with Gasteiger partial charge >= 0.3 is 0 Å². The predicted molar refractivity (Wildman–Crippen MR) is 73.7 cm³/mol. The van der Waals surface area contributed by atoms with Gasteiger partial charge in [0.1, 0.15) is 0 Å². The number of benzene rings is 1. The van der Waals surface area contributed by atoms with Gasteiger partial charge in [0, 0.05) is 23.8 Å². The molecule has 114 valence electrons. The smallest absolute Gasteiger partial charge is 0.262 e. The van der Waals surface area contributed by atoms with Crippen molar-refractivity contribution in [2.75, 3.05) is 13.1 Å². The maximum Gasteiger partial charge on any atom is 0.262 e. The van der Waals surface area contributed by atoms with E-state index in [-0.39, 0.29) is 6.54 Å². The van der Waals surface area contributed by atoms with Crippen molar-refractivity contribution < 1.29 is 22.0 Å². The molecule has 0 bridgehead atoms. The highest BCUT2D eigenvalue weighted by atomic mass is 35.7. The molecule has 1 aliphatic rings. The van der Waals surface area contributed by atoms with Gasteiger partial charge in [-0.25, -0.2) is 17.2 Å². The Balaban J connectivity index is 2.48. The van der Waals surface area contributed by atoms with Crippen molar-refractivity contribution in [1.29, 1.82) is 0 Å². The Kier molecular flexibility index (Phi) is 4.34. The number of carbonyl (C=O) groups is 1. The van der Waals surface area contributed by atoms with E-state index in [0.717, 1.165) is 5.57 Å². The second kappa shape index (κ2) is 5.73. The summed E-state index contributed by atoms with van der Waals surface area (Å²) in [5.74, 6) is -3.37. The molecule has 0 saturated heterocycles. The molecule has 21 heavy (non-hydrogen) atoms. The first kappa shape index (κ1) is 15.9. The number of hydrogen-bond acceptors (Lipinski definition) is 3. The van der Waals surface area contributed by atoms with E-state index in [1.165, 1.54) is 4.90 Å². The van der Waals surface area contributed by atoms with Gasteiger partial charge in [0.05, 0.1) is 10.5 Å². The fraction of sp³-hybridized carbons (Fsp3) is 0.308. The molecule has 2 rings (SSSR count). The van der Waals surface area contributed by atoms with Crippen LogP contribution in [0.5, 0.6) is 0 Å². The first-order chi connectivity index (χ1) is 9.70. The van der Waals surface area contributed by atoms with Crippen molar-refractivity contribution in [1.82, 2.24) is 4.90 Å². The first-order valence-electron chi connectivity index (χ1n) is 6.09. The zero-order valence-corrected chi connectivity index (χ0v) is 12.6. The molecule has 0 radical (unpaired) electrons. The average molecular weight is 336 g/mol. The van der Waals surface area contributed by atoms with Crippen molar-refractivity contribution in [2.45, 2.75) is 18.2 Å². The summed E-state index contributed by atoms with van der Waals surface area (Å²) in [6.45, 7) is 2.57. The normalized spacial score (nSPS) is 15.8. The summed E-state index contributed by atoms with van der Waals surface area (Å²) in [7, 11) is 0.830. The maximum absolute atomic E-state index is 13.3. The van der Waals surface area contributed by atoms with Crippen molar-refractivity contribution in [3.05, 3.63) is 41.0 Å². The molecule has 0 spiro atoms. The molecule has 0 saturated carbocycles. The van der Waals surface area contributed by atoms with Crippen LogP contribution in [0.3, 0.4) is 0 Å². The van der Waals surface area contributed by atoms with E-state index in [4.69, 9.17) is 10.7 Å². The SMILES string of the molecule is CC1=CCN(C(=O)c2cc(F)c(F)cc2S(=O)(=O)Cl)CC1. The molecule has 1 aromatic carbocycles. The van der Waals surface area contributed by atoms with Crippen molar-refractivity contribution in [3.63, 3.8) is 0 Å². The van der Waals surface area contributed by atoms with Gasteiger partial charge in [-0.3, -0.25) is 4.79 Å². The van der Waals surface area contributed by atoms with Crippen LogP contribution < -0.4 is 0 Å². The van der Waals surface area contributed by atoms with E-state index in [1.54, 1.807) is 0 Å². The summed E-state index contributed by atoms with van der Waals surface area (Å²) >= 11 is 0. The summed E-state index contributed by atoms with van der Waals surface area (Å²) in [6, 6.07) is 0.994. The largest absolute Gasteiger partial charge is 0.335 e. The van der Waals surface area contributed by atoms with Crippen LogP contribution in [-0.4, -0.2) is 32.3 Å². The summed E-state index contributed by atoms with van der Waals surface area (Å²) in [5, 5.41) is 0. The van der Waals surface area contributed by atoms with Crippen molar-refractivity contribution in [2.24, 2.45) is 0 Å². The van der Waals surface area contributed by atoms with Crippen LogP contribution in [0.4, 0.5) is 8.78 Å². The quantitative estimate of drug-likeness (QED) is 0.617. The molecule has 0 N–H and O–H groups in total. The lowest BCUT2D eigenvalue weighted by Crippen LogP contribution is -2.35. The van der Waals surface area contributed by atoms with E-state index in [2.05, 4.69) is 0 Å². The molecule has 0 aliphatic carbocycles. The van der Waals surface area contributed by atoms with E-state index >= 15 is 0 Å². The van der Waals surface area contributed by atoms with E-state index in [1.807, 2.05) is 13.0 Å². The summed E-state index contributed by atoms with van der Waals surface area (Å²) in [5.41, 5.74) is 0.645. The first-order valence-corrected chi connectivity index (χ1v) is 8.39. The Morgan fingerprint density at radius 2 is 1.90 bits per heavy atom. The van der Waals surface area contributed by atoms with E-state index < -0.39 is 37.1 Å². The topological polar surface area (TPSA) is 54.5 Å². The van der Waals surface area contributed by atoms with Gasteiger partial charge in [-0.15, -0.1) is 0 Å². The van der Waals surface area contributed by atoms with Crippen LogP contribution in [0.1, 0.15) is 23.7 Å². The number of carbonyl (C=O) groups excluding carboxylic acids is 1. The van der Waals surface area contributed by atoms with Crippen molar-refractivity contribution in [3.8, 4) is 0 Å². The summed E-state index contributed by atoms with van der Waals surface area (Å²) < 4.78 is 49.5. The Bertz CT molecular complexity index is 731. The molecule has 1 aromatic rings. The molecule has 0 atom stereocenters. The molecule has 4 nitrogen and oxygen atoms in total. The lowest BCUT2D eigenvalue weighted by atomic mass is 10.1. The highest BCUT2D eigenvalue weighted by Gasteiger charge is 2.27. The van der Waals surface area contributed by atoms with E-state index in [0.29, 0.717) is 25.1 Å². The fourth-order valence-corrected chi connectivity index (χ4v) is 3.06. The molecule has 1 amide bonds. The molecule has 0 unspecified atom stereocenters. The van der Waals surface area contributed by atoms with Crippen LogP contribution in [0.2, 0.25) is 0 Å². The van der Waals surface area contributed by atoms with Crippen LogP contribution in [-0.2, 0) is 9.05 Å². The molecular formula is C13H12ClF2NO3S. The standard InChI is InChI=1S/C13H12ClF2NO3S/c1-8-2-4-17(5-3-8)13(18)9-6-10(15)11(16)7-12(9)21(14,19)20/h2,6-7H,3-5H2,1H3. The second-order valence-electron chi connectivity index (χ2n) is 4.75. The number of rotatable bonds is 2. The molecule has 1 aliphatic heterocycles. The van der Waals surface area contributed by atoms with E-state index in [9.17, 15) is 22.0 Å². The van der Waals surface area contributed by atoms with Gasteiger partial charge < -0.3 is 4.90 Å². The summed E-state index contributed by atoms with van der Waals surface area (Å²) in [6.07, 6.45) is 2.45.